The molecule has 1 aliphatic heterocycles. The Morgan fingerprint density at radius 1 is 1.38 bits per heavy atom. The van der Waals surface area contributed by atoms with Crippen molar-refractivity contribution >= 4 is 5.97 Å². The zero-order chi connectivity index (χ0) is 17.7. The summed E-state index contributed by atoms with van der Waals surface area (Å²) in [5, 5.41) is 9.26. The Labute approximate surface area is 140 Å². The third kappa shape index (κ3) is 4.50. The molecule has 1 aliphatic rings. The Hall–Kier alpha value is -1.56. The van der Waals surface area contributed by atoms with Gasteiger partial charge in [0.15, 0.2) is 0 Å². The largest absolute Gasteiger partial charge is 0.481 e. The number of aliphatic carboxylic acids is 1. The SMILES string of the molecule is CCCCC(c1ccccc1C(F)(F)F)N1CCCC(C(=O)O)C1. The van der Waals surface area contributed by atoms with Gasteiger partial charge in [0.25, 0.3) is 0 Å². The smallest absolute Gasteiger partial charge is 0.416 e. The molecule has 2 atom stereocenters. The van der Waals surface area contributed by atoms with Crippen molar-refractivity contribution in [2.45, 2.75) is 51.2 Å². The first-order chi connectivity index (χ1) is 11.3. The van der Waals surface area contributed by atoms with Gasteiger partial charge in [0.05, 0.1) is 11.5 Å². The summed E-state index contributed by atoms with van der Waals surface area (Å²) in [7, 11) is 0. The maximum Gasteiger partial charge on any atom is 0.416 e. The van der Waals surface area contributed by atoms with Crippen molar-refractivity contribution in [2.75, 3.05) is 13.1 Å². The summed E-state index contributed by atoms with van der Waals surface area (Å²) in [6.07, 6.45) is -0.800. The van der Waals surface area contributed by atoms with Crippen molar-refractivity contribution in [2.24, 2.45) is 5.92 Å². The maximum atomic E-state index is 13.4. The van der Waals surface area contributed by atoms with Crippen LogP contribution in [0, 0.1) is 5.92 Å². The van der Waals surface area contributed by atoms with Gasteiger partial charge in [-0.15, -0.1) is 0 Å². The van der Waals surface area contributed by atoms with Gasteiger partial charge in [-0.25, -0.2) is 0 Å². The third-order valence-corrected chi connectivity index (χ3v) is 4.70. The number of nitrogens with zero attached hydrogens (tertiary/aromatic N) is 1. The molecule has 0 bridgehead atoms. The number of unbranched alkanes of at least 4 members (excludes halogenated alkanes) is 1. The molecule has 0 aliphatic carbocycles. The predicted octanol–water partition coefficient (Wildman–Crippen LogP) is 4.73. The van der Waals surface area contributed by atoms with Gasteiger partial charge in [-0.05, 0) is 37.4 Å². The lowest BCUT2D eigenvalue weighted by Gasteiger charge is -2.38. The Morgan fingerprint density at radius 2 is 2.08 bits per heavy atom. The van der Waals surface area contributed by atoms with Crippen LogP contribution in [0.15, 0.2) is 24.3 Å². The van der Waals surface area contributed by atoms with E-state index in [0.29, 0.717) is 32.4 Å². The van der Waals surface area contributed by atoms with Crippen molar-refractivity contribution in [1.29, 1.82) is 0 Å². The minimum Gasteiger partial charge on any atom is -0.481 e. The number of carboxylic acids is 1. The van der Waals surface area contributed by atoms with Crippen LogP contribution in [0.4, 0.5) is 13.2 Å². The van der Waals surface area contributed by atoms with Crippen molar-refractivity contribution in [1.82, 2.24) is 4.90 Å². The van der Waals surface area contributed by atoms with Crippen LogP contribution >= 0.6 is 0 Å². The van der Waals surface area contributed by atoms with Crippen LogP contribution in [-0.4, -0.2) is 29.1 Å². The fraction of sp³-hybridized carbons (Fsp3) is 0.611. The zero-order valence-electron chi connectivity index (χ0n) is 13.9. The molecular weight excluding hydrogens is 319 g/mol. The number of piperidine rings is 1. The number of carbonyl (C=O) groups is 1. The second-order valence-electron chi connectivity index (χ2n) is 6.42. The van der Waals surface area contributed by atoms with Crippen molar-refractivity contribution in [3.8, 4) is 0 Å². The molecule has 3 nitrogen and oxygen atoms in total. The number of likely N-dealkylation sites (tertiary alicyclic amines) is 1. The van der Waals surface area contributed by atoms with Gasteiger partial charge in [0.2, 0.25) is 0 Å². The average Bonchev–Trinajstić information content (AvgIpc) is 2.55. The van der Waals surface area contributed by atoms with E-state index in [1.165, 1.54) is 12.1 Å². The van der Waals surface area contributed by atoms with Crippen LogP contribution in [0.3, 0.4) is 0 Å². The summed E-state index contributed by atoms with van der Waals surface area (Å²) < 4.78 is 40.2. The molecule has 0 saturated carbocycles. The van der Waals surface area contributed by atoms with Gasteiger partial charge >= 0.3 is 12.1 Å². The number of carboxylic acid groups (broad SMARTS) is 1. The highest BCUT2D eigenvalue weighted by Crippen LogP contribution is 2.39. The van der Waals surface area contributed by atoms with Gasteiger partial charge < -0.3 is 5.11 Å². The van der Waals surface area contributed by atoms with Crippen molar-refractivity contribution in [3.63, 3.8) is 0 Å². The maximum absolute atomic E-state index is 13.4. The van der Waals surface area contributed by atoms with Gasteiger partial charge in [-0.3, -0.25) is 9.69 Å². The van der Waals surface area contributed by atoms with E-state index < -0.39 is 23.6 Å². The summed E-state index contributed by atoms with van der Waals surface area (Å²) in [5.41, 5.74) is -0.340. The molecule has 1 N–H and O–H groups in total. The molecule has 2 unspecified atom stereocenters. The van der Waals surface area contributed by atoms with E-state index >= 15 is 0 Å². The molecule has 2 rings (SSSR count). The molecule has 24 heavy (non-hydrogen) atoms. The Balaban J connectivity index is 2.34. The molecule has 1 aromatic rings. The second-order valence-corrected chi connectivity index (χ2v) is 6.42. The normalized spacial score (nSPS) is 20.8. The fourth-order valence-electron chi connectivity index (χ4n) is 3.47. The van der Waals surface area contributed by atoms with Gasteiger partial charge in [-0.2, -0.15) is 13.2 Å². The van der Waals surface area contributed by atoms with E-state index in [1.807, 2.05) is 11.8 Å². The third-order valence-electron chi connectivity index (χ3n) is 4.70. The molecule has 1 heterocycles. The number of hydrogen-bond donors (Lipinski definition) is 1. The predicted molar refractivity (Wildman–Crippen MR) is 85.6 cm³/mol. The Morgan fingerprint density at radius 3 is 2.71 bits per heavy atom. The standard InChI is InChI=1S/C18H24F3NO2/c1-2-3-10-16(22-11-6-7-13(12-22)17(23)24)14-8-4-5-9-15(14)18(19,20)21/h4-5,8-9,13,16H,2-3,6-7,10-12H2,1H3,(H,23,24). The highest BCUT2D eigenvalue weighted by molar-refractivity contribution is 5.70. The molecular formula is C18H24F3NO2. The zero-order valence-corrected chi connectivity index (χ0v) is 13.9. The lowest BCUT2D eigenvalue weighted by atomic mass is 9.90. The van der Waals surface area contributed by atoms with Gasteiger partial charge in [-0.1, -0.05) is 38.0 Å². The lowest BCUT2D eigenvalue weighted by Crippen LogP contribution is -2.41. The summed E-state index contributed by atoms with van der Waals surface area (Å²) in [6, 6.07) is 5.30. The molecule has 1 aromatic carbocycles. The van der Waals surface area contributed by atoms with E-state index in [9.17, 15) is 23.1 Å². The summed E-state index contributed by atoms with van der Waals surface area (Å²) in [4.78, 5) is 13.2. The first-order valence-electron chi connectivity index (χ1n) is 8.47. The fourth-order valence-corrected chi connectivity index (χ4v) is 3.47. The Kier molecular flexibility index (Phi) is 6.27. The molecule has 134 valence electrons. The summed E-state index contributed by atoms with van der Waals surface area (Å²) >= 11 is 0. The van der Waals surface area contributed by atoms with E-state index in [1.54, 1.807) is 6.07 Å². The molecule has 1 fully saturated rings. The van der Waals surface area contributed by atoms with E-state index in [4.69, 9.17) is 0 Å². The molecule has 0 aromatic heterocycles. The molecule has 0 radical (unpaired) electrons. The first-order valence-corrected chi connectivity index (χ1v) is 8.47. The number of rotatable bonds is 6. The average molecular weight is 343 g/mol. The molecule has 6 heteroatoms. The van der Waals surface area contributed by atoms with E-state index in [0.717, 1.165) is 18.9 Å². The van der Waals surface area contributed by atoms with E-state index in [2.05, 4.69) is 0 Å². The van der Waals surface area contributed by atoms with Gasteiger partial charge in [0, 0.05) is 12.6 Å². The van der Waals surface area contributed by atoms with Crippen molar-refractivity contribution in [3.05, 3.63) is 35.4 Å². The summed E-state index contributed by atoms with van der Waals surface area (Å²) in [6.45, 7) is 2.96. The topological polar surface area (TPSA) is 40.5 Å². The summed E-state index contributed by atoms with van der Waals surface area (Å²) in [5.74, 6) is -1.36. The van der Waals surface area contributed by atoms with Crippen LogP contribution in [0.25, 0.3) is 0 Å². The van der Waals surface area contributed by atoms with Crippen LogP contribution in [0.5, 0.6) is 0 Å². The molecule has 1 saturated heterocycles. The minimum atomic E-state index is -4.40. The van der Waals surface area contributed by atoms with Gasteiger partial charge in [0.1, 0.15) is 0 Å². The number of halogens is 3. The van der Waals surface area contributed by atoms with Crippen LogP contribution in [0.2, 0.25) is 0 Å². The van der Waals surface area contributed by atoms with Crippen LogP contribution < -0.4 is 0 Å². The number of benzene rings is 1. The van der Waals surface area contributed by atoms with Crippen molar-refractivity contribution < 1.29 is 23.1 Å². The van der Waals surface area contributed by atoms with E-state index in [-0.39, 0.29) is 11.6 Å². The monoisotopic (exact) mass is 343 g/mol. The quantitative estimate of drug-likeness (QED) is 0.811. The van der Waals surface area contributed by atoms with Crippen LogP contribution in [0.1, 0.15) is 56.2 Å². The molecule has 0 spiro atoms. The minimum absolute atomic E-state index is 0.268. The highest BCUT2D eigenvalue weighted by Gasteiger charge is 2.37. The van der Waals surface area contributed by atoms with Crippen LogP contribution in [-0.2, 0) is 11.0 Å². The first kappa shape index (κ1) is 18.8. The lowest BCUT2D eigenvalue weighted by molar-refractivity contribution is -0.145. The second kappa shape index (κ2) is 8.01. The number of alkyl halides is 3. The molecule has 0 amide bonds. The Bertz CT molecular complexity index is 559. The highest BCUT2D eigenvalue weighted by atomic mass is 19.4. The number of hydrogen-bond acceptors (Lipinski definition) is 2.